The maximum atomic E-state index is 12.0. The number of benzene rings is 1. The van der Waals surface area contributed by atoms with E-state index in [1.807, 2.05) is 30.3 Å². The number of carbonyl (C=O) groups excluding carboxylic acids is 2. The lowest BCUT2D eigenvalue weighted by molar-refractivity contribution is 0.0551. The van der Waals surface area contributed by atoms with Crippen LogP contribution in [0.15, 0.2) is 36.5 Å². The lowest BCUT2D eigenvalue weighted by Crippen LogP contribution is -2.17. The number of rotatable bonds is 3. The molecule has 0 unspecified atom stereocenters. The van der Waals surface area contributed by atoms with Crippen molar-refractivity contribution in [3.05, 3.63) is 47.8 Å². The Balaban J connectivity index is 2.34. The van der Waals surface area contributed by atoms with Crippen LogP contribution in [0.3, 0.4) is 0 Å². The fraction of sp³-hybridized carbons (Fsp3) is 0.125. The standard InChI is InChI=1S/C16H14N4O4/c1-23-15(21)11-12(17)10-8-18-20(9-6-4-3-5-7-9)14(10)19-13(11)16(22)24-2/h3-8H,1-2H3,(H2,17,19). The van der Waals surface area contributed by atoms with Gasteiger partial charge in [-0.1, -0.05) is 18.2 Å². The molecule has 0 amide bonds. The summed E-state index contributed by atoms with van der Waals surface area (Å²) in [5.41, 5.74) is 6.87. The molecule has 1 aromatic carbocycles. The van der Waals surface area contributed by atoms with E-state index in [-0.39, 0.29) is 16.9 Å². The number of anilines is 1. The minimum atomic E-state index is -0.787. The first-order valence-electron chi connectivity index (χ1n) is 6.97. The van der Waals surface area contributed by atoms with Crippen LogP contribution in [0.1, 0.15) is 20.8 Å². The van der Waals surface area contributed by atoms with Gasteiger partial charge in [0.25, 0.3) is 0 Å². The Morgan fingerprint density at radius 1 is 1.08 bits per heavy atom. The second-order valence-electron chi connectivity index (χ2n) is 4.86. The molecule has 0 bridgehead atoms. The Hall–Kier alpha value is -3.42. The summed E-state index contributed by atoms with van der Waals surface area (Å²) in [5.74, 6) is -1.56. The number of carbonyl (C=O) groups is 2. The Labute approximate surface area is 136 Å². The lowest BCUT2D eigenvalue weighted by Gasteiger charge is -2.10. The van der Waals surface area contributed by atoms with Crippen molar-refractivity contribution in [1.82, 2.24) is 14.8 Å². The van der Waals surface area contributed by atoms with Gasteiger partial charge < -0.3 is 15.2 Å². The van der Waals surface area contributed by atoms with Gasteiger partial charge in [0.05, 0.1) is 37.2 Å². The number of ether oxygens (including phenoxy) is 2. The summed E-state index contributed by atoms with van der Waals surface area (Å²) in [6.45, 7) is 0. The average Bonchev–Trinajstić information content (AvgIpc) is 3.05. The van der Waals surface area contributed by atoms with Gasteiger partial charge in [-0.3, -0.25) is 0 Å². The molecule has 0 aliphatic carbocycles. The highest BCUT2D eigenvalue weighted by Gasteiger charge is 2.27. The van der Waals surface area contributed by atoms with Crippen LogP contribution in [0, 0.1) is 0 Å². The van der Waals surface area contributed by atoms with Gasteiger partial charge in [0.2, 0.25) is 0 Å². The topological polar surface area (TPSA) is 109 Å². The van der Waals surface area contributed by atoms with Gasteiger partial charge in [0, 0.05) is 0 Å². The zero-order chi connectivity index (χ0) is 17.3. The molecule has 0 saturated heterocycles. The zero-order valence-corrected chi connectivity index (χ0v) is 13.0. The Bertz CT molecular complexity index is 934. The van der Waals surface area contributed by atoms with E-state index < -0.39 is 11.9 Å². The van der Waals surface area contributed by atoms with Crippen LogP contribution in [0.5, 0.6) is 0 Å². The molecule has 0 aliphatic rings. The Kier molecular flexibility index (Phi) is 3.87. The van der Waals surface area contributed by atoms with Crippen LogP contribution in [0.2, 0.25) is 0 Å². The minimum absolute atomic E-state index is 0.0643. The number of para-hydroxylation sites is 1. The number of nitrogens with two attached hydrogens (primary N) is 1. The number of pyridine rings is 1. The third kappa shape index (κ3) is 2.34. The lowest BCUT2D eigenvalue weighted by atomic mass is 10.1. The molecule has 3 aromatic rings. The molecule has 0 atom stereocenters. The maximum Gasteiger partial charge on any atom is 0.357 e. The first kappa shape index (κ1) is 15.5. The van der Waals surface area contributed by atoms with Crippen LogP contribution >= 0.6 is 0 Å². The fourth-order valence-corrected chi connectivity index (χ4v) is 2.37. The second kappa shape index (κ2) is 5.99. The normalized spacial score (nSPS) is 10.6. The molecular weight excluding hydrogens is 312 g/mol. The van der Waals surface area contributed by atoms with E-state index in [4.69, 9.17) is 15.2 Å². The molecule has 8 heteroatoms. The van der Waals surface area contributed by atoms with Gasteiger partial charge in [-0.2, -0.15) is 5.10 Å². The van der Waals surface area contributed by atoms with Crippen LogP contribution in [0.4, 0.5) is 5.69 Å². The number of hydrogen-bond acceptors (Lipinski definition) is 7. The number of aromatic nitrogens is 3. The molecule has 0 spiro atoms. The number of nitrogen functional groups attached to an aromatic ring is 1. The van der Waals surface area contributed by atoms with E-state index in [1.165, 1.54) is 25.1 Å². The highest BCUT2D eigenvalue weighted by Crippen LogP contribution is 2.28. The summed E-state index contributed by atoms with van der Waals surface area (Å²) in [5, 5.41) is 4.69. The van der Waals surface area contributed by atoms with E-state index in [0.717, 1.165) is 5.69 Å². The predicted molar refractivity (Wildman–Crippen MR) is 86.0 cm³/mol. The van der Waals surface area contributed by atoms with Crippen molar-refractivity contribution in [2.24, 2.45) is 0 Å². The highest BCUT2D eigenvalue weighted by atomic mass is 16.5. The quantitative estimate of drug-likeness (QED) is 0.728. The van der Waals surface area contributed by atoms with E-state index in [2.05, 4.69) is 10.1 Å². The van der Waals surface area contributed by atoms with Crippen molar-refractivity contribution in [3.63, 3.8) is 0 Å². The van der Waals surface area contributed by atoms with Crippen LogP contribution in [-0.2, 0) is 9.47 Å². The summed E-state index contributed by atoms with van der Waals surface area (Å²) in [6, 6.07) is 9.21. The third-order valence-electron chi connectivity index (χ3n) is 3.53. The van der Waals surface area contributed by atoms with Crippen molar-refractivity contribution in [2.75, 3.05) is 20.0 Å². The predicted octanol–water partition coefficient (Wildman–Crippen LogP) is 1.58. The third-order valence-corrected chi connectivity index (χ3v) is 3.53. The van der Waals surface area contributed by atoms with Crippen LogP contribution in [-0.4, -0.2) is 40.9 Å². The maximum absolute atomic E-state index is 12.0. The molecule has 0 fully saturated rings. The van der Waals surface area contributed by atoms with Gasteiger partial charge in [-0.25, -0.2) is 19.3 Å². The van der Waals surface area contributed by atoms with E-state index >= 15 is 0 Å². The van der Waals surface area contributed by atoms with Crippen molar-refractivity contribution in [2.45, 2.75) is 0 Å². The van der Waals surface area contributed by atoms with E-state index in [9.17, 15) is 9.59 Å². The van der Waals surface area contributed by atoms with Crippen LogP contribution < -0.4 is 5.73 Å². The molecule has 0 radical (unpaired) electrons. The van der Waals surface area contributed by atoms with Gasteiger partial charge in [0.15, 0.2) is 11.3 Å². The first-order chi connectivity index (χ1) is 11.6. The van der Waals surface area contributed by atoms with Gasteiger partial charge in [-0.05, 0) is 12.1 Å². The van der Waals surface area contributed by atoms with Crippen molar-refractivity contribution >= 4 is 28.7 Å². The van der Waals surface area contributed by atoms with E-state index in [1.54, 1.807) is 0 Å². The number of esters is 2. The van der Waals surface area contributed by atoms with E-state index in [0.29, 0.717) is 11.0 Å². The monoisotopic (exact) mass is 326 g/mol. The summed E-state index contributed by atoms with van der Waals surface area (Å²) >= 11 is 0. The van der Waals surface area contributed by atoms with Crippen molar-refractivity contribution in [3.8, 4) is 5.69 Å². The number of hydrogen-bond donors (Lipinski definition) is 1. The molecular formula is C16H14N4O4. The molecule has 8 nitrogen and oxygen atoms in total. The van der Waals surface area contributed by atoms with Gasteiger partial charge in [-0.15, -0.1) is 0 Å². The Morgan fingerprint density at radius 3 is 2.38 bits per heavy atom. The SMILES string of the molecule is COC(=O)c1nc2c(cnn2-c2ccccc2)c(N)c1C(=O)OC. The smallest absolute Gasteiger partial charge is 0.357 e. The van der Waals surface area contributed by atoms with Gasteiger partial charge >= 0.3 is 11.9 Å². The fourth-order valence-electron chi connectivity index (χ4n) is 2.37. The van der Waals surface area contributed by atoms with Gasteiger partial charge in [0.1, 0.15) is 5.56 Å². The molecule has 24 heavy (non-hydrogen) atoms. The molecule has 3 rings (SSSR count). The zero-order valence-electron chi connectivity index (χ0n) is 13.0. The molecule has 0 aliphatic heterocycles. The summed E-state index contributed by atoms with van der Waals surface area (Å²) < 4.78 is 10.9. The number of methoxy groups -OCH3 is 2. The number of nitrogens with zero attached hydrogens (tertiary/aromatic N) is 3. The molecule has 2 heterocycles. The minimum Gasteiger partial charge on any atom is -0.465 e. The second-order valence-corrected chi connectivity index (χ2v) is 4.86. The number of fused-ring (bicyclic) bond motifs is 1. The highest BCUT2D eigenvalue weighted by molar-refractivity contribution is 6.11. The molecule has 0 saturated carbocycles. The van der Waals surface area contributed by atoms with Crippen molar-refractivity contribution < 1.29 is 19.1 Å². The molecule has 2 aromatic heterocycles. The first-order valence-corrected chi connectivity index (χ1v) is 6.97. The van der Waals surface area contributed by atoms with Crippen LogP contribution in [0.25, 0.3) is 16.7 Å². The summed E-state index contributed by atoms with van der Waals surface area (Å²) in [6.07, 6.45) is 1.48. The molecule has 2 N–H and O–H groups in total. The Morgan fingerprint density at radius 2 is 1.75 bits per heavy atom. The summed E-state index contributed by atoms with van der Waals surface area (Å²) in [4.78, 5) is 28.3. The average molecular weight is 326 g/mol. The molecule has 122 valence electrons. The largest absolute Gasteiger partial charge is 0.465 e. The summed E-state index contributed by atoms with van der Waals surface area (Å²) in [7, 11) is 2.39. The van der Waals surface area contributed by atoms with Crippen molar-refractivity contribution in [1.29, 1.82) is 0 Å².